The van der Waals surface area contributed by atoms with Crippen molar-refractivity contribution in [2.45, 2.75) is 23.5 Å². The normalized spacial score (nSPS) is 11.1. The molecule has 0 amide bonds. The smallest absolute Gasteiger partial charge is 0.104 e. The number of aromatic nitrogens is 2. The van der Waals surface area contributed by atoms with Crippen LogP contribution in [-0.2, 0) is 13.7 Å². The van der Waals surface area contributed by atoms with Crippen molar-refractivity contribution >= 4 is 50.9 Å². The lowest BCUT2D eigenvalue weighted by atomic mass is 10.3. The highest BCUT2D eigenvalue weighted by Gasteiger charge is 2.16. The van der Waals surface area contributed by atoms with Crippen molar-refractivity contribution < 1.29 is 5.11 Å². The van der Waals surface area contributed by atoms with Gasteiger partial charge < -0.3 is 5.11 Å². The summed E-state index contributed by atoms with van der Waals surface area (Å²) in [6.07, 6.45) is 0. The molecule has 0 unspecified atom stereocenters. The average molecular weight is 382 g/mol. The summed E-state index contributed by atoms with van der Waals surface area (Å²) in [5.74, 6) is 0. The number of nitrogens with zero attached hydrogens (tertiary/aromatic N) is 2. The van der Waals surface area contributed by atoms with E-state index in [1.54, 1.807) is 10.7 Å². The van der Waals surface area contributed by atoms with Gasteiger partial charge in [0.15, 0.2) is 0 Å². The number of hydrogen-bond acceptors (Lipinski definition) is 3. The number of benzene rings is 1. The van der Waals surface area contributed by atoms with E-state index in [1.807, 2.05) is 20.0 Å². The van der Waals surface area contributed by atoms with E-state index in [2.05, 4.69) is 21.0 Å². The van der Waals surface area contributed by atoms with E-state index in [0.717, 1.165) is 25.7 Å². The molecule has 0 saturated carbocycles. The third-order valence-electron chi connectivity index (χ3n) is 2.63. The molecule has 2 aromatic rings. The van der Waals surface area contributed by atoms with E-state index in [1.165, 1.54) is 11.8 Å². The summed E-state index contributed by atoms with van der Waals surface area (Å²) in [7, 11) is 1.84. The first-order chi connectivity index (χ1) is 8.93. The van der Waals surface area contributed by atoms with Crippen molar-refractivity contribution in [2.24, 2.45) is 7.05 Å². The highest BCUT2D eigenvalue weighted by molar-refractivity contribution is 9.10. The maximum atomic E-state index is 9.43. The lowest BCUT2D eigenvalue weighted by Crippen LogP contribution is -1.94. The molecule has 0 spiro atoms. The van der Waals surface area contributed by atoms with Crippen molar-refractivity contribution in [3.63, 3.8) is 0 Å². The topological polar surface area (TPSA) is 38.0 Å². The van der Waals surface area contributed by atoms with Crippen LogP contribution in [0.15, 0.2) is 26.5 Å². The Hall–Kier alpha value is -0.200. The summed E-state index contributed by atoms with van der Waals surface area (Å²) in [6.45, 7) is 1.82. The Labute approximate surface area is 134 Å². The van der Waals surface area contributed by atoms with Gasteiger partial charge in [-0.3, -0.25) is 4.68 Å². The first kappa shape index (κ1) is 15.2. The predicted molar refractivity (Wildman–Crippen MR) is 82.2 cm³/mol. The molecular formula is C12H11BrCl2N2OS. The second-order valence-corrected chi connectivity index (χ2v) is 6.65. The molecule has 0 aliphatic heterocycles. The molecular weight excluding hydrogens is 371 g/mol. The SMILES string of the molecule is Cc1nn(C)c(Sc2cc(Br)c(Cl)cc2Cl)c1CO. The van der Waals surface area contributed by atoms with Gasteiger partial charge in [-0.25, -0.2) is 0 Å². The Balaban J connectivity index is 2.44. The fraction of sp³-hybridized carbons (Fsp3) is 0.250. The highest BCUT2D eigenvalue weighted by Crippen LogP contribution is 2.39. The molecule has 0 aliphatic rings. The van der Waals surface area contributed by atoms with Gasteiger partial charge in [-0.1, -0.05) is 35.0 Å². The van der Waals surface area contributed by atoms with Gasteiger partial charge in [0, 0.05) is 22.0 Å². The number of halogens is 3. The molecule has 0 aliphatic carbocycles. The lowest BCUT2D eigenvalue weighted by molar-refractivity contribution is 0.277. The van der Waals surface area contributed by atoms with Gasteiger partial charge in [-0.05, 0) is 35.0 Å². The molecule has 19 heavy (non-hydrogen) atoms. The molecule has 1 aromatic carbocycles. The largest absolute Gasteiger partial charge is 0.392 e. The van der Waals surface area contributed by atoms with Crippen molar-refractivity contribution in [3.8, 4) is 0 Å². The number of aliphatic hydroxyl groups is 1. The predicted octanol–water partition coefficient (Wildman–Crippen LogP) is 4.44. The molecule has 1 N–H and O–H groups in total. The third kappa shape index (κ3) is 3.11. The van der Waals surface area contributed by atoms with Crippen molar-refractivity contribution in [2.75, 3.05) is 0 Å². The van der Waals surface area contributed by atoms with Crippen LogP contribution in [-0.4, -0.2) is 14.9 Å². The quantitative estimate of drug-likeness (QED) is 0.798. The van der Waals surface area contributed by atoms with Crippen LogP contribution < -0.4 is 0 Å². The second-order valence-electron chi connectivity index (χ2n) is 3.95. The van der Waals surface area contributed by atoms with Crippen LogP contribution in [0.3, 0.4) is 0 Å². The Morgan fingerprint density at radius 1 is 1.37 bits per heavy atom. The van der Waals surface area contributed by atoms with Crippen LogP contribution in [0.25, 0.3) is 0 Å². The van der Waals surface area contributed by atoms with Crippen LogP contribution in [0, 0.1) is 6.92 Å². The molecule has 102 valence electrons. The Morgan fingerprint density at radius 2 is 2.05 bits per heavy atom. The molecule has 0 atom stereocenters. The average Bonchev–Trinajstić information content (AvgIpc) is 2.60. The molecule has 7 heteroatoms. The first-order valence-electron chi connectivity index (χ1n) is 5.39. The van der Waals surface area contributed by atoms with Gasteiger partial charge in [0.05, 0.1) is 22.3 Å². The molecule has 0 fully saturated rings. The second kappa shape index (κ2) is 6.06. The lowest BCUT2D eigenvalue weighted by Gasteiger charge is -2.08. The molecule has 2 rings (SSSR count). The first-order valence-corrected chi connectivity index (χ1v) is 7.76. The van der Waals surface area contributed by atoms with Gasteiger partial charge in [-0.2, -0.15) is 5.10 Å². The number of aryl methyl sites for hydroxylation is 2. The van der Waals surface area contributed by atoms with Crippen LogP contribution in [0.2, 0.25) is 10.0 Å². The Morgan fingerprint density at radius 3 is 2.68 bits per heavy atom. The van der Waals surface area contributed by atoms with Gasteiger partial charge in [-0.15, -0.1) is 0 Å². The number of hydrogen-bond donors (Lipinski definition) is 1. The Kier molecular flexibility index (Phi) is 4.84. The summed E-state index contributed by atoms with van der Waals surface area (Å²) < 4.78 is 2.52. The summed E-state index contributed by atoms with van der Waals surface area (Å²) in [5, 5.41) is 15.7. The van der Waals surface area contributed by atoms with Gasteiger partial charge in [0.25, 0.3) is 0 Å². The van der Waals surface area contributed by atoms with E-state index in [-0.39, 0.29) is 6.61 Å². The van der Waals surface area contributed by atoms with Crippen LogP contribution in [0.4, 0.5) is 0 Å². The molecule has 3 nitrogen and oxygen atoms in total. The monoisotopic (exact) mass is 380 g/mol. The van der Waals surface area contributed by atoms with Crippen molar-refractivity contribution in [3.05, 3.63) is 37.9 Å². The van der Waals surface area contributed by atoms with Crippen LogP contribution in [0.5, 0.6) is 0 Å². The maximum absolute atomic E-state index is 9.43. The van der Waals surface area contributed by atoms with Gasteiger partial charge in [0.2, 0.25) is 0 Å². The minimum atomic E-state index is -0.0472. The highest BCUT2D eigenvalue weighted by atomic mass is 79.9. The zero-order chi connectivity index (χ0) is 14.2. The number of aliphatic hydroxyl groups excluding tert-OH is 1. The van der Waals surface area contributed by atoms with Crippen molar-refractivity contribution in [1.29, 1.82) is 0 Å². The van der Waals surface area contributed by atoms with Gasteiger partial charge in [0.1, 0.15) is 5.03 Å². The number of rotatable bonds is 3. The standard InChI is InChI=1S/C12H11BrCl2N2OS/c1-6-7(5-18)12(17(2)16-6)19-11-3-8(13)9(14)4-10(11)15/h3-4,18H,5H2,1-2H3. The summed E-state index contributed by atoms with van der Waals surface area (Å²) >= 11 is 17.0. The van der Waals surface area contributed by atoms with Crippen LogP contribution >= 0.6 is 50.9 Å². The summed E-state index contributed by atoms with van der Waals surface area (Å²) in [5.41, 5.74) is 1.63. The molecule has 1 aromatic heterocycles. The maximum Gasteiger partial charge on any atom is 0.104 e. The van der Waals surface area contributed by atoms with Crippen molar-refractivity contribution in [1.82, 2.24) is 9.78 Å². The van der Waals surface area contributed by atoms with E-state index in [0.29, 0.717) is 10.0 Å². The van der Waals surface area contributed by atoms with E-state index < -0.39 is 0 Å². The van der Waals surface area contributed by atoms with E-state index >= 15 is 0 Å². The zero-order valence-corrected chi connectivity index (χ0v) is 14.2. The van der Waals surface area contributed by atoms with E-state index in [4.69, 9.17) is 23.2 Å². The minimum absolute atomic E-state index is 0.0472. The van der Waals surface area contributed by atoms with Gasteiger partial charge >= 0.3 is 0 Å². The van der Waals surface area contributed by atoms with Crippen LogP contribution in [0.1, 0.15) is 11.3 Å². The molecule has 0 saturated heterocycles. The zero-order valence-electron chi connectivity index (χ0n) is 10.2. The molecule has 1 heterocycles. The molecule has 0 radical (unpaired) electrons. The summed E-state index contributed by atoms with van der Waals surface area (Å²) in [6, 6.07) is 3.55. The molecule has 0 bridgehead atoms. The minimum Gasteiger partial charge on any atom is -0.392 e. The fourth-order valence-corrected chi connectivity index (χ4v) is 3.72. The third-order valence-corrected chi connectivity index (χ3v) is 5.51. The van der Waals surface area contributed by atoms with E-state index in [9.17, 15) is 5.11 Å². The fourth-order valence-electron chi connectivity index (χ4n) is 1.68. The Bertz CT molecular complexity index is 631. The summed E-state index contributed by atoms with van der Waals surface area (Å²) in [4.78, 5) is 0.857.